The van der Waals surface area contributed by atoms with E-state index in [2.05, 4.69) is 13.8 Å². The van der Waals surface area contributed by atoms with E-state index in [1.165, 1.54) is 103 Å². The third-order valence-electron chi connectivity index (χ3n) is 6.28. The molecule has 196 valence electrons. The van der Waals surface area contributed by atoms with Crippen LogP contribution in [0.1, 0.15) is 142 Å². The molecule has 0 aliphatic carbocycles. The number of hydrogen-bond acceptors (Lipinski definition) is 2. The Bertz CT molecular complexity index is 518. The SMILES string of the molecule is CCCCCCCCCCCCS(=O)(=O)CCCCCCCCCCCC.[NaH].c1ccccc1. The van der Waals surface area contributed by atoms with Crippen LogP contribution in [0.15, 0.2) is 36.4 Å². The van der Waals surface area contributed by atoms with Gasteiger partial charge in [-0.25, -0.2) is 8.42 Å². The zero-order valence-electron chi connectivity index (χ0n) is 22.2. The minimum Gasteiger partial charge on any atom is -0.0623 e. The normalized spacial score (nSPS) is 10.9. The number of rotatable bonds is 22. The molecule has 0 radical (unpaired) electrons. The molecule has 0 saturated heterocycles. The standard InChI is InChI=1S/C24H50O2S.C6H6.Na.H/c1-3-5-7-9-11-13-15-17-19-21-23-27(25,26)24-22-20-18-16-14-12-10-8-6-4-2;1-2-4-6-5-3-1;;/h3-24H2,1-2H3;1-6H;;. The van der Waals surface area contributed by atoms with E-state index in [0.29, 0.717) is 11.5 Å². The second-order valence-corrected chi connectivity index (χ2v) is 12.0. The van der Waals surface area contributed by atoms with E-state index in [-0.39, 0.29) is 29.6 Å². The molecule has 0 unspecified atom stereocenters. The van der Waals surface area contributed by atoms with E-state index in [1.54, 1.807) is 0 Å². The molecule has 0 bridgehead atoms. The molecule has 4 heteroatoms. The van der Waals surface area contributed by atoms with Gasteiger partial charge in [-0.15, -0.1) is 0 Å². The van der Waals surface area contributed by atoms with Crippen LogP contribution in [0.5, 0.6) is 0 Å². The molecule has 34 heavy (non-hydrogen) atoms. The van der Waals surface area contributed by atoms with Gasteiger partial charge in [-0.3, -0.25) is 0 Å². The van der Waals surface area contributed by atoms with Gasteiger partial charge in [0.2, 0.25) is 0 Å². The molecule has 2 nitrogen and oxygen atoms in total. The summed E-state index contributed by atoms with van der Waals surface area (Å²) < 4.78 is 24.2. The third-order valence-corrected chi connectivity index (χ3v) is 8.11. The molecular weight excluding hydrogens is 447 g/mol. The maximum atomic E-state index is 12.1. The van der Waals surface area contributed by atoms with E-state index >= 15 is 0 Å². The summed E-state index contributed by atoms with van der Waals surface area (Å²) in [6, 6.07) is 12.0. The van der Waals surface area contributed by atoms with Crippen molar-refractivity contribution in [3.8, 4) is 0 Å². The molecule has 0 atom stereocenters. The Morgan fingerprint density at radius 3 is 0.824 bits per heavy atom. The fraction of sp³-hybridized carbons (Fsp3) is 0.800. The first-order valence-electron chi connectivity index (χ1n) is 14.3. The van der Waals surface area contributed by atoms with Gasteiger partial charge in [-0.2, -0.15) is 0 Å². The average Bonchev–Trinajstić information content (AvgIpc) is 2.83. The van der Waals surface area contributed by atoms with E-state index in [9.17, 15) is 8.42 Å². The van der Waals surface area contributed by atoms with Gasteiger partial charge in [0.1, 0.15) is 9.84 Å². The van der Waals surface area contributed by atoms with Crippen molar-refractivity contribution in [1.29, 1.82) is 0 Å². The Kier molecular flexibility index (Phi) is 31.4. The molecular formula is C30H57NaO2S. The van der Waals surface area contributed by atoms with Gasteiger partial charge in [-0.1, -0.05) is 166 Å². The summed E-state index contributed by atoms with van der Waals surface area (Å²) >= 11 is 0. The maximum absolute atomic E-state index is 12.1. The predicted molar refractivity (Wildman–Crippen MR) is 156 cm³/mol. The third kappa shape index (κ3) is 30.2. The van der Waals surface area contributed by atoms with Crippen molar-refractivity contribution < 1.29 is 8.42 Å². The molecule has 1 rings (SSSR count). The average molecular weight is 505 g/mol. The van der Waals surface area contributed by atoms with Gasteiger partial charge in [0, 0.05) is 0 Å². The number of unbranched alkanes of at least 4 members (excludes halogenated alkanes) is 18. The summed E-state index contributed by atoms with van der Waals surface area (Å²) in [7, 11) is -2.80. The van der Waals surface area contributed by atoms with Crippen molar-refractivity contribution in [3.63, 3.8) is 0 Å². The van der Waals surface area contributed by atoms with E-state index in [1.807, 2.05) is 36.4 Å². The summed E-state index contributed by atoms with van der Waals surface area (Å²) in [5.41, 5.74) is 0. The largest absolute Gasteiger partial charge is 0.0623 e. The van der Waals surface area contributed by atoms with Crippen molar-refractivity contribution >= 4 is 39.4 Å². The van der Waals surface area contributed by atoms with Crippen LogP contribution in [0.4, 0.5) is 0 Å². The first kappa shape index (κ1) is 36.3. The molecule has 0 aliphatic heterocycles. The van der Waals surface area contributed by atoms with Crippen LogP contribution in [0.25, 0.3) is 0 Å². The van der Waals surface area contributed by atoms with E-state index < -0.39 is 9.84 Å². The molecule has 0 spiro atoms. The minimum atomic E-state index is -2.80. The van der Waals surface area contributed by atoms with Crippen LogP contribution in [-0.4, -0.2) is 49.5 Å². The summed E-state index contributed by atoms with van der Waals surface area (Å²) in [5.74, 6) is 0.835. The molecule has 0 heterocycles. The Labute approximate surface area is 236 Å². The Morgan fingerprint density at radius 2 is 0.588 bits per heavy atom. The van der Waals surface area contributed by atoms with Crippen LogP contribution in [0.2, 0.25) is 0 Å². The van der Waals surface area contributed by atoms with Gasteiger partial charge >= 0.3 is 29.6 Å². The number of hydrogen-bond donors (Lipinski definition) is 0. The van der Waals surface area contributed by atoms with Crippen LogP contribution in [-0.2, 0) is 9.84 Å². The van der Waals surface area contributed by atoms with Gasteiger partial charge in [0.05, 0.1) is 11.5 Å². The first-order valence-corrected chi connectivity index (χ1v) is 16.1. The van der Waals surface area contributed by atoms with Gasteiger partial charge < -0.3 is 0 Å². The maximum Gasteiger partial charge on any atom is -0.0623 e. The van der Waals surface area contributed by atoms with E-state index in [0.717, 1.165) is 25.7 Å². The van der Waals surface area contributed by atoms with Crippen LogP contribution in [0, 0.1) is 0 Å². The zero-order chi connectivity index (χ0) is 24.3. The van der Waals surface area contributed by atoms with Crippen molar-refractivity contribution in [2.24, 2.45) is 0 Å². The second-order valence-electron chi connectivity index (χ2n) is 9.67. The number of benzene rings is 1. The fourth-order valence-corrected chi connectivity index (χ4v) is 5.60. The molecule has 0 amide bonds. The molecule has 0 fully saturated rings. The fourth-order valence-electron chi connectivity index (χ4n) is 4.11. The van der Waals surface area contributed by atoms with Crippen molar-refractivity contribution in [3.05, 3.63) is 36.4 Å². The van der Waals surface area contributed by atoms with Crippen molar-refractivity contribution in [2.45, 2.75) is 142 Å². The summed E-state index contributed by atoms with van der Waals surface area (Å²) in [5, 5.41) is 0. The quantitative estimate of drug-likeness (QED) is 0.116. The molecule has 0 aromatic heterocycles. The molecule has 0 aliphatic rings. The summed E-state index contributed by atoms with van der Waals surface area (Å²) in [6.45, 7) is 4.51. The smallest absolute Gasteiger partial charge is 0.0623 e. The van der Waals surface area contributed by atoms with Gasteiger partial charge in [0.25, 0.3) is 0 Å². The molecule has 0 saturated carbocycles. The molecule has 1 aromatic carbocycles. The Hall–Kier alpha value is 0.170. The van der Waals surface area contributed by atoms with Gasteiger partial charge in [0.15, 0.2) is 0 Å². The minimum absolute atomic E-state index is 0. The predicted octanol–water partition coefficient (Wildman–Crippen LogP) is 9.28. The number of sulfone groups is 1. The summed E-state index contributed by atoms with van der Waals surface area (Å²) in [4.78, 5) is 0. The second kappa shape index (κ2) is 29.4. The molecule has 1 aromatic rings. The van der Waals surface area contributed by atoms with Crippen molar-refractivity contribution in [1.82, 2.24) is 0 Å². The summed E-state index contributed by atoms with van der Waals surface area (Å²) in [6.07, 6.45) is 25.2. The van der Waals surface area contributed by atoms with Crippen LogP contribution >= 0.6 is 0 Å². The van der Waals surface area contributed by atoms with Crippen LogP contribution in [0.3, 0.4) is 0 Å². The molecule has 0 N–H and O–H groups in total. The first-order chi connectivity index (χ1) is 16.1. The topological polar surface area (TPSA) is 34.1 Å². The van der Waals surface area contributed by atoms with Gasteiger partial charge in [-0.05, 0) is 12.8 Å². The van der Waals surface area contributed by atoms with Crippen LogP contribution < -0.4 is 0 Å². The monoisotopic (exact) mass is 504 g/mol. The Morgan fingerprint density at radius 1 is 0.382 bits per heavy atom. The van der Waals surface area contributed by atoms with E-state index in [4.69, 9.17) is 0 Å². The van der Waals surface area contributed by atoms with Crippen molar-refractivity contribution in [2.75, 3.05) is 11.5 Å². The zero-order valence-corrected chi connectivity index (χ0v) is 23.1. The Balaban J connectivity index is 0.